The topological polar surface area (TPSA) is 49.8 Å². The lowest BCUT2D eigenvalue weighted by atomic mass is 10.1. The van der Waals surface area contributed by atoms with Gasteiger partial charge in [0.2, 0.25) is 0 Å². The van der Waals surface area contributed by atoms with Crippen LogP contribution < -0.4 is 4.90 Å². The fraction of sp³-hybridized carbons (Fsp3) is 0.308. The maximum absolute atomic E-state index is 11.8. The first kappa shape index (κ1) is 11.7. The van der Waals surface area contributed by atoms with Crippen molar-refractivity contribution in [3.05, 3.63) is 41.7 Å². The third-order valence-electron chi connectivity index (χ3n) is 2.70. The highest BCUT2D eigenvalue weighted by atomic mass is 16.6. The molecule has 1 aliphatic rings. The summed E-state index contributed by atoms with van der Waals surface area (Å²) in [6.07, 6.45) is 0.391. The quantitative estimate of drug-likeness (QED) is 0.797. The number of ether oxygens (including phenoxy) is 1. The van der Waals surface area contributed by atoms with E-state index in [4.69, 9.17) is 9.84 Å². The summed E-state index contributed by atoms with van der Waals surface area (Å²) in [5.41, 5.74) is 2.78. The first-order chi connectivity index (χ1) is 8.11. The number of amides is 1. The number of nitrogens with zero attached hydrogens (tertiary/aromatic N) is 1. The number of aliphatic hydroxyl groups excluding tert-OH is 1. The smallest absolute Gasteiger partial charge is 0.415 e. The Kier molecular flexibility index (Phi) is 3.15. The van der Waals surface area contributed by atoms with Gasteiger partial charge < -0.3 is 9.84 Å². The van der Waals surface area contributed by atoms with Gasteiger partial charge in [0.25, 0.3) is 0 Å². The molecule has 0 bridgehead atoms. The second kappa shape index (κ2) is 4.59. The van der Waals surface area contributed by atoms with Crippen molar-refractivity contribution < 1.29 is 14.6 Å². The summed E-state index contributed by atoms with van der Waals surface area (Å²) >= 11 is 0. The predicted molar refractivity (Wildman–Crippen MR) is 64.7 cm³/mol. The predicted octanol–water partition coefficient (Wildman–Crippen LogP) is 2.21. The zero-order valence-corrected chi connectivity index (χ0v) is 9.77. The van der Waals surface area contributed by atoms with Gasteiger partial charge in [-0.1, -0.05) is 18.7 Å². The summed E-state index contributed by atoms with van der Waals surface area (Å²) in [6, 6.07) is 5.57. The highest BCUT2D eigenvalue weighted by molar-refractivity contribution is 5.90. The minimum atomic E-state index is -0.395. The highest BCUT2D eigenvalue weighted by Gasteiger charge is 2.25. The van der Waals surface area contributed by atoms with Gasteiger partial charge in [-0.25, -0.2) is 4.79 Å². The van der Waals surface area contributed by atoms with Crippen LogP contribution in [-0.2, 0) is 17.8 Å². The molecule has 0 aliphatic carbocycles. The largest absolute Gasteiger partial charge is 0.419 e. The standard InChI is InChI=1S/C13H15NO3/c1-9(2)17-13(16)14-6-5-11-7-10(8-15)3-4-12(11)14/h3-4,7,15H,1,5-6,8H2,2H3. The van der Waals surface area contributed by atoms with Crippen molar-refractivity contribution in [3.8, 4) is 0 Å². The Labute approximate surface area is 100 Å². The molecule has 1 aliphatic heterocycles. The minimum Gasteiger partial charge on any atom is -0.415 e. The minimum absolute atomic E-state index is 0.0174. The number of allylic oxidation sites excluding steroid dienone is 1. The SMILES string of the molecule is C=C(C)OC(=O)N1CCc2cc(CO)ccc21. The van der Waals surface area contributed by atoms with E-state index in [1.807, 2.05) is 18.2 Å². The van der Waals surface area contributed by atoms with E-state index in [9.17, 15) is 4.79 Å². The molecule has 1 aromatic carbocycles. The molecule has 0 spiro atoms. The lowest BCUT2D eigenvalue weighted by Crippen LogP contribution is -2.29. The monoisotopic (exact) mass is 233 g/mol. The van der Waals surface area contributed by atoms with Crippen LogP contribution >= 0.6 is 0 Å². The van der Waals surface area contributed by atoms with Crippen LogP contribution in [0.2, 0.25) is 0 Å². The molecule has 0 saturated carbocycles. The Balaban J connectivity index is 2.22. The summed E-state index contributed by atoms with van der Waals surface area (Å²) in [7, 11) is 0. The number of carbonyl (C=O) groups excluding carboxylic acids is 1. The van der Waals surface area contributed by atoms with E-state index in [0.717, 1.165) is 23.2 Å². The Hall–Kier alpha value is -1.81. The summed E-state index contributed by atoms with van der Waals surface area (Å²) < 4.78 is 4.99. The summed E-state index contributed by atoms with van der Waals surface area (Å²) in [4.78, 5) is 13.4. The van der Waals surface area contributed by atoms with Crippen molar-refractivity contribution >= 4 is 11.8 Å². The van der Waals surface area contributed by atoms with Crippen LogP contribution in [0.4, 0.5) is 10.5 Å². The molecule has 0 fully saturated rings. The fourth-order valence-electron chi connectivity index (χ4n) is 1.95. The van der Waals surface area contributed by atoms with Gasteiger partial charge in [0.05, 0.1) is 18.1 Å². The van der Waals surface area contributed by atoms with Crippen molar-refractivity contribution in [2.24, 2.45) is 0 Å². The van der Waals surface area contributed by atoms with Gasteiger partial charge in [0, 0.05) is 6.54 Å². The van der Waals surface area contributed by atoms with E-state index >= 15 is 0 Å². The molecule has 1 N–H and O–H groups in total. The fourth-order valence-corrected chi connectivity index (χ4v) is 1.95. The third-order valence-corrected chi connectivity index (χ3v) is 2.70. The van der Waals surface area contributed by atoms with Crippen molar-refractivity contribution in [2.45, 2.75) is 20.0 Å². The van der Waals surface area contributed by atoms with Crippen molar-refractivity contribution in [2.75, 3.05) is 11.4 Å². The van der Waals surface area contributed by atoms with E-state index in [2.05, 4.69) is 6.58 Å². The van der Waals surface area contributed by atoms with E-state index in [0.29, 0.717) is 12.3 Å². The van der Waals surface area contributed by atoms with Crippen LogP contribution in [0.25, 0.3) is 0 Å². The molecule has 1 aromatic rings. The van der Waals surface area contributed by atoms with E-state index < -0.39 is 6.09 Å². The van der Waals surface area contributed by atoms with Crippen molar-refractivity contribution in [1.29, 1.82) is 0 Å². The molecule has 17 heavy (non-hydrogen) atoms. The van der Waals surface area contributed by atoms with E-state index in [1.54, 1.807) is 11.8 Å². The molecule has 1 amide bonds. The van der Waals surface area contributed by atoms with Crippen molar-refractivity contribution in [1.82, 2.24) is 0 Å². The number of aliphatic hydroxyl groups is 1. The normalized spacial score (nSPS) is 13.4. The Morgan fingerprint density at radius 3 is 3.00 bits per heavy atom. The van der Waals surface area contributed by atoms with Gasteiger partial charge in [-0.15, -0.1) is 0 Å². The van der Waals surface area contributed by atoms with Gasteiger partial charge in [-0.3, -0.25) is 4.90 Å². The summed E-state index contributed by atoms with van der Waals surface area (Å²) in [5, 5.41) is 9.05. The molecule has 0 unspecified atom stereocenters. The molecule has 0 saturated heterocycles. The maximum Gasteiger partial charge on any atom is 0.419 e. The Bertz CT molecular complexity index is 468. The van der Waals surface area contributed by atoms with Crippen LogP contribution in [-0.4, -0.2) is 17.7 Å². The zero-order chi connectivity index (χ0) is 12.4. The first-order valence-corrected chi connectivity index (χ1v) is 5.49. The van der Waals surface area contributed by atoms with Crippen LogP contribution in [0.15, 0.2) is 30.5 Å². The Morgan fingerprint density at radius 1 is 1.59 bits per heavy atom. The van der Waals surface area contributed by atoms with Crippen LogP contribution in [0.3, 0.4) is 0 Å². The number of rotatable bonds is 2. The summed E-state index contributed by atoms with van der Waals surface area (Å²) in [6.45, 7) is 5.81. The molecule has 0 aromatic heterocycles. The van der Waals surface area contributed by atoms with Gasteiger partial charge >= 0.3 is 6.09 Å². The van der Waals surface area contributed by atoms with Crippen LogP contribution in [0.5, 0.6) is 0 Å². The lowest BCUT2D eigenvalue weighted by molar-refractivity contribution is 0.185. The average molecular weight is 233 g/mol. The molecule has 90 valence electrons. The maximum atomic E-state index is 11.8. The molecular weight excluding hydrogens is 218 g/mol. The van der Waals surface area contributed by atoms with Gasteiger partial charge in [-0.2, -0.15) is 0 Å². The van der Waals surface area contributed by atoms with E-state index in [1.165, 1.54) is 0 Å². The van der Waals surface area contributed by atoms with Crippen molar-refractivity contribution in [3.63, 3.8) is 0 Å². The van der Waals surface area contributed by atoms with Gasteiger partial charge in [0.1, 0.15) is 0 Å². The number of anilines is 1. The number of benzene rings is 1. The average Bonchev–Trinajstić information content (AvgIpc) is 2.70. The number of hydrogen-bond acceptors (Lipinski definition) is 3. The Morgan fingerprint density at radius 2 is 2.35 bits per heavy atom. The van der Waals surface area contributed by atoms with Crippen LogP contribution in [0, 0.1) is 0 Å². The van der Waals surface area contributed by atoms with E-state index in [-0.39, 0.29) is 6.61 Å². The number of carbonyl (C=O) groups is 1. The molecule has 4 nitrogen and oxygen atoms in total. The summed E-state index contributed by atoms with van der Waals surface area (Å²) in [5.74, 6) is 0.385. The molecule has 0 radical (unpaired) electrons. The molecule has 4 heteroatoms. The first-order valence-electron chi connectivity index (χ1n) is 5.49. The third kappa shape index (κ3) is 2.31. The molecular formula is C13H15NO3. The highest BCUT2D eigenvalue weighted by Crippen LogP contribution is 2.29. The van der Waals surface area contributed by atoms with Gasteiger partial charge in [0.15, 0.2) is 0 Å². The number of hydrogen-bond donors (Lipinski definition) is 1. The second-order valence-corrected chi connectivity index (χ2v) is 4.09. The number of fused-ring (bicyclic) bond motifs is 1. The zero-order valence-electron chi connectivity index (χ0n) is 9.77. The lowest BCUT2D eigenvalue weighted by Gasteiger charge is -2.16. The molecule has 2 rings (SSSR count). The van der Waals surface area contributed by atoms with Crippen LogP contribution in [0.1, 0.15) is 18.1 Å². The second-order valence-electron chi connectivity index (χ2n) is 4.09. The molecule has 0 atom stereocenters. The van der Waals surface area contributed by atoms with Gasteiger partial charge in [-0.05, 0) is 30.5 Å². The molecule has 1 heterocycles.